The highest BCUT2D eigenvalue weighted by molar-refractivity contribution is 6.02. The van der Waals surface area contributed by atoms with Crippen LogP contribution in [-0.4, -0.2) is 22.6 Å². The molecule has 0 saturated carbocycles. The molecule has 1 aliphatic rings. The van der Waals surface area contributed by atoms with Crippen molar-refractivity contribution in [2.24, 2.45) is 5.92 Å². The normalized spacial score (nSPS) is 19.7. The molecule has 1 aliphatic heterocycles. The van der Waals surface area contributed by atoms with Crippen LogP contribution < -0.4 is 10.2 Å². The molecule has 6 nitrogen and oxygen atoms in total. The number of furan rings is 1. The highest BCUT2D eigenvalue weighted by Crippen LogP contribution is 2.36. The molecule has 2 unspecified atom stereocenters. The summed E-state index contributed by atoms with van der Waals surface area (Å²) < 4.78 is 5.65. The molecule has 0 radical (unpaired) electrons. The summed E-state index contributed by atoms with van der Waals surface area (Å²) in [5.74, 6) is 2.06. The summed E-state index contributed by atoms with van der Waals surface area (Å²) in [7, 11) is 0. The predicted octanol–water partition coefficient (Wildman–Crippen LogP) is 4.30. The van der Waals surface area contributed by atoms with E-state index in [2.05, 4.69) is 27.3 Å². The first-order valence-electron chi connectivity index (χ1n) is 9.21. The zero-order chi connectivity index (χ0) is 18.6. The number of nitrogens with zero attached hydrogens (tertiary/aromatic N) is 3. The maximum atomic E-state index is 12.4. The van der Waals surface area contributed by atoms with Crippen molar-refractivity contribution >= 4 is 17.4 Å². The van der Waals surface area contributed by atoms with E-state index in [1.807, 2.05) is 48.5 Å². The van der Waals surface area contributed by atoms with E-state index in [9.17, 15) is 4.79 Å². The van der Waals surface area contributed by atoms with Crippen molar-refractivity contribution in [3.63, 3.8) is 0 Å². The minimum Gasteiger partial charge on any atom is -0.467 e. The number of carbonyl (C=O) groups excluding carboxylic acids is 1. The Morgan fingerprint density at radius 1 is 1.11 bits per heavy atom. The van der Waals surface area contributed by atoms with Crippen LogP contribution in [0.2, 0.25) is 0 Å². The highest BCUT2D eigenvalue weighted by atomic mass is 16.3. The van der Waals surface area contributed by atoms with Gasteiger partial charge < -0.3 is 14.6 Å². The lowest BCUT2D eigenvalue weighted by Gasteiger charge is -2.38. The Hall–Kier alpha value is -3.15. The molecule has 2 aromatic heterocycles. The van der Waals surface area contributed by atoms with Gasteiger partial charge in [-0.05, 0) is 55.2 Å². The third kappa shape index (κ3) is 3.84. The van der Waals surface area contributed by atoms with Crippen LogP contribution in [0.4, 0.5) is 11.5 Å². The molecule has 1 N–H and O–H groups in total. The van der Waals surface area contributed by atoms with Gasteiger partial charge in [0.05, 0.1) is 12.3 Å². The summed E-state index contributed by atoms with van der Waals surface area (Å²) in [5, 5.41) is 11.3. The summed E-state index contributed by atoms with van der Waals surface area (Å²) in [6.45, 7) is 3.15. The number of rotatable bonds is 4. The zero-order valence-corrected chi connectivity index (χ0v) is 15.2. The Bertz CT molecular complexity index is 878. The van der Waals surface area contributed by atoms with Gasteiger partial charge in [0.2, 0.25) is 0 Å². The largest absolute Gasteiger partial charge is 0.467 e. The molecule has 1 saturated heterocycles. The molecule has 0 aliphatic carbocycles. The molecule has 4 rings (SSSR count). The predicted molar refractivity (Wildman–Crippen MR) is 104 cm³/mol. The number of para-hydroxylation sites is 1. The van der Waals surface area contributed by atoms with Crippen molar-refractivity contribution in [2.45, 2.75) is 25.8 Å². The summed E-state index contributed by atoms with van der Waals surface area (Å²) >= 11 is 0. The van der Waals surface area contributed by atoms with E-state index in [0.717, 1.165) is 36.7 Å². The monoisotopic (exact) mass is 362 g/mol. The molecule has 2 atom stereocenters. The van der Waals surface area contributed by atoms with Crippen molar-refractivity contribution < 1.29 is 9.21 Å². The van der Waals surface area contributed by atoms with Gasteiger partial charge in [-0.2, -0.15) is 0 Å². The molecule has 27 heavy (non-hydrogen) atoms. The van der Waals surface area contributed by atoms with Crippen LogP contribution in [0.25, 0.3) is 0 Å². The van der Waals surface area contributed by atoms with Gasteiger partial charge in [-0.15, -0.1) is 10.2 Å². The van der Waals surface area contributed by atoms with Crippen molar-refractivity contribution in [3.8, 4) is 0 Å². The van der Waals surface area contributed by atoms with Crippen molar-refractivity contribution in [1.82, 2.24) is 10.2 Å². The molecular weight excluding hydrogens is 340 g/mol. The van der Waals surface area contributed by atoms with Gasteiger partial charge in [0.15, 0.2) is 11.5 Å². The van der Waals surface area contributed by atoms with E-state index in [1.54, 1.807) is 12.3 Å². The average Bonchev–Trinajstić information content (AvgIpc) is 3.24. The average molecular weight is 362 g/mol. The minimum atomic E-state index is -0.268. The third-order valence-corrected chi connectivity index (χ3v) is 4.95. The zero-order valence-electron chi connectivity index (χ0n) is 15.2. The molecule has 1 amide bonds. The second-order valence-electron chi connectivity index (χ2n) is 6.95. The smallest absolute Gasteiger partial charge is 0.276 e. The Balaban J connectivity index is 1.51. The Kier molecular flexibility index (Phi) is 4.87. The van der Waals surface area contributed by atoms with Crippen LogP contribution in [0.15, 0.2) is 65.3 Å². The number of aromatic nitrogens is 2. The van der Waals surface area contributed by atoms with E-state index in [4.69, 9.17) is 4.42 Å². The van der Waals surface area contributed by atoms with Crippen molar-refractivity contribution in [3.05, 3.63) is 72.3 Å². The van der Waals surface area contributed by atoms with Gasteiger partial charge in [0, 0.05) is 12.2 Å². The highest BCUT2D eigenvalue weighted by Gasteiger charge is 2.30. The Labute approximate surface area is 158 Å². The summed E-state index contributed by atoms with van der Waals surface area (Å²) in [6.07, 6.45) is 3.80. The SMILES string of the molecule is CC1CCN(c2ccc(C(=O)Nc3ccccc3)nn2)C(c2ccco2)C1. The molecule has 1 fully saturated rings. The van der Waals surface area contributed by atoms with E-state index in [0.29, 0.717) is 11.6 Å². The van der Waals surface area contributed by atoms with E-state index in [1.165, 1.54) is 0 Å². The van der Waals surface area contributed by atoms with Crippen LogP contribution >= 0.6 is 0 Å². The van der Waals surface area contributed by atoms with Gasteiger partial charge in [0.1, 0.15) is 5.76 Å². The third-order valence-electron chi connectivity index (χ3n) is 4.95. The number of anilines is 2. The van der Waals surface area contributed by atoms with Crippen molar-refractivity contribution in [1.29, 1.82) is 0 Å². The number of piperidine rings is 1. The van der Waals surface area contributed by atoms with E-state index in [-0.39, 0.29) is 11.9 Å². The first-order chi connectivity index (χ1) is 13.2. The van der Waals surface area contributed by atoms with Gasteiger partial charge in [-0.1, -0.05) is 25.1 Å². The molecular formula is C21H22N4O2. The number of amides is 1. The molecule has 0 spiro atoms. The lowest BCUT2D eigenvalue weighted by molar-refractivity contribution is 0.102. The van der Waals surface area contributed by atoms with Crippen molar-refractivity contribution in [2.75, 3.05) is 16.8 Å². The van der Waals surface area contributed by atoms with Crippen LogP contribution in [0.1, 0.15) is 42.1 Å². The Morgan fingerprint density at radius 2 is 1.96 bits per heavy atom. The van der Waals surface area contributed by atoms with Gasteiger partial charge in [-0.25, -0.2) is 0 Å². The fourth-order valence-electron chi connectivity index (χ4n) is 3.48. The molecule has 3 heterocycles. The fraction of sp³-hybridized carbons (Fsp3) is 0.286. The van der Waals surface area contributed by atoms with E-state index >= 15 is 0 Å². The summed E-state index contributed by atoms with van der Waals surface area (Å²) in [5.41, 5.74) is 1.03. The Morgan fingerprint density at radius 3 is 2.67 bits per heavy atom. The quantitative estimate of drug-likeness (QED) is 0.749. The number of carbonyl (C=O) groups is 1. The van der Waals surface area contributed by atoms with Gasteiger partial charge >= 0.3 is 0 Å². The van der Waals surface area contributed by atoms with Gasteiger partial charge in [-0.3, -0.25) is 4.79 Å². The first kappa shape index (κ1) is 17.3. The second kappa shape index (κ2) is 7.61. The topological polar surface area (TPSA) is 71.3 Å². The maximum absolute atomic E-state index is 12.4. The number of hydrogen-bond donors (Lipinski definition) is 1. The number of benzene rings is 1. The molecule has 1 aromatic carbocycles. The molecule has 6 heteroatoms. The summed E-state index contributed by atoms with van der Waals surface area (Å²) in [4.78, 5) is 14.6. The minimum absolute atomic E-state index is 0.141. The maximum Gasteiger partial charge on any atom is 0.276 e. The summed E-state index contributed by atoms with van der Waals surface area (Å²) in [6, 6.07) is 17.0. The number of hydrogen-bond acceptors (Lipinski definition) is 5. The van der Waals surface area contributed by atoms with Crippen LogP contribution in [-0.2, 0) is 0 Å². The molecule has 138 valence electrons. The standard InChI is InChI=1S/C21H22N4O2/c1-15-11-12-25(18(14-15)19-8-5-13-27-19)20-10-9-17(23-24-20)21(26)22-16-6-3-2-4-7-16/h2-10,13,15,18H,11-12,14H2,1H3,(H,22,26). The lowest BCUT2D eigenvalue weighted by atomic mass is 9.91. The number of nitrogens with one attached hydrogen (secondary N) is 1. The molecule has 3 aromatic rings. The lowest BCUT2D eigenvalue weighted by Crippen LogP contribution is -2.36. The van der Waals surface area contributed by atoms with Crippen LogP contribution in [0, 0.1) is 5.92 Å². The fourth-order valence-corrected chi connectivity index (χ4v) is 3.48. The second-order valence-corrected chi connectivity index (χ2v) is 6.95. The van der Waals surface area contributed by atoms with Crippen LogP contribution in [0.5, 0.6) is 0 Å². The van der Waals surface area contributed by atoms with Crippen LogP contribution in [0.3, 0.4) is 0 Å². The van der Waals surface area contributed by atoms with Gasteiger partial charge in [0.25, 0.3) is 5.91 Å². The molecule has 0 bridgehead atoms. The van der Waals surface area contributed by atoms with E-state index < -0.39 is 0 Å². The first-order valence-corrected chi connectivity index (χ1v) is 9.21.